The molecule has 5 heteroatoms. The molecule has 1 atom stereocenters. The van der Waals surface area contributed by atoms with Gasteiger partial charge in [0.15, 0.2) is 0 Å². The molecule has 0 bridgehead atoms. The number of unbranched alkanes of at least 4 members (excludes halogenated alkanes) is 1. The normalized spacial score (nSPS) is 18.0. The first-order valence-electron chi connectivity index (χ1n) is 10.8. The van der Waals surface area contributed by atoms with Gasteiger partial charge >= 0.3 is 4.87 Å². The van der Waals surface area contributed by atoms with E-state index < -0.39 is 0 Å². The lowest BCUT2D eigenvalue weighted by molar-refractivity contribution is 0.368. The smallest absolute Gasteiger partial charge is 0.308 e. The summed E-state index contributed by atoms with van der Waals surface area (Å²) >= 11 is 1.35. The Morgan fingerprint density at radius 1 is 0.966 bits per heavy atom. The second kappa shape index (κ2) is 9.57. The Labute approximate surface area is 175 Å². The molecule has 1 fully saturated rings. The number of para-hydroxylation sites is 1. The molecule has 0 spiro atoms. The van der Waals surface area contributed by atoms with Crippen LogP contribution in [0.2, 0.25) is 0 Å². The molecular formula is C24H29FN2OS. The average molecular weight is 413 g/mol. The van der Waals surface area contributed by atoms with Crippen LogP contribution < -0.4 is 9.77 Å². The fourth-order valence-corrected chi connectivity index (χ4v) is 5.38. The van der Waals surface area contributed by atoms with Crippen LogP contribution in [-0.4, -0.2) is 17.7 Å². The molecule has 2 heterocycles. The fraction of sp³-hybridized carbons (Fsp3) is 0.458. The van der Waals surface area contributed by atoms with E-state index in [-0.39, 0.29) is 10.7 Å². The summed E-state index contributed by atoms with van der Waals surface area (Å²) in [4.78, 5) is 14.8. The summed E-state index contributed by atoms with van der Waals surface area (Å²) in [7, 11) is 0. The van der Waals surface area contributed by atoms with E-state index in [1.165, 1.54) is 43.4 Å². The third-order valence-corrected chi connectivity index (χ3v) is 7.07. The number of halogens is 1. The minimum Gasteiger partial charge on any atom is -0.372 e. The molecule has 1 aromatic heterocycles. The maximum atomic E-state index is 13.2. The zero-order chi connectivity index (χ0) is 20.1. The minimum atomic E-state index is -0.170. The topological polar surface area (TPSA) is 25.2 Å². The molecule has 0 aliphatic carbocycles. The second-order valence-corrected chi connectivity index (χ2v) is 9.09. The largest absolute Gasteiger partial charge is 0.372 e. The molecule has 1 aliphatic rings. The highest BCUT2D eigenvalue weighted by atomic mass is 32.1. The Hall–Kier alpha value is -2.14. The third-order valence-electron chi connectivity index (χ3n) is 6.11. The molecular weight excluding hydrogens is 383 g/mol. The van der Waals surface area contributed by atoms with E-state index in [2.05, 4.69) is 4.90 Å². The summed E-state index contributed by atoms with van der Waals surface area (Å²) in [5, 5.41) is 0. The highest BCUT2D eigenvalue weighted by Crippen LogP contribution is 2.26. The first-order valence-corrected chi connectivity index (χ1v) is 11.6. The number of thiazole rings is 1. The Morgan fingerprint density at radius 3 is 2.66 bits per heavy atom. The van der Waals surface area contributed by atoms with Gasteiger partial charge in [-0.3, -0.25) is 9.36 Å². The first-order chi connectivity index (χ1) is 14.2. The molecule has 3 aromatic rings. The van der Waals surface area contributed by atoms with Gasteiger partial charge in [-0.25, -0.2) is 4.39 Å². The number of rotatable bonds is 6. The molecule has 0 radical (unpaired) electrons. The molecule has 0 amide bonds. The quantitative estimate of drug-likeness (QED) is 0.459. The number of hydrogen-bond acceptors (Lipinski definition) is 3. The number of aryl methyl sites for hydroxylation is 1. The summed E-state index contributed by atoms with van der Waals surface area (Å²) in [6, 6.07) is 15.0. The van der Waals surface area contributed by atoms with Crippen LogP contribution in [0.5, 0.6) is 0 Å². The molecule has 0 N–H and O–H groups in total. The van der Waals surface area contributed by atoms with Crippen molar-refractivity contribution in [3.8, 4) is 0 Å². The van der Waals surface area contributed by atoms with Crippen molar-refractivity contribution in [3.63, 3.8) is 0 Å². The SMILES string of the molecule is O=c1sc2ccccc2n1CCCCC1CCCCN(c2ccc(F)cc2)CC1. The van der Waals surface area contributed by atoms with E-state index in [1.54, 1.807) is 12.1 Å². The number of hydrogen-bond donors (Lipinski definition) is 0. The van der Waals surface area contributed by atoms with Gasteiger partial charge in [-0.15, -0.1) is 0 Å². The van der Waals surface area contributed by atoms with E-state index in [1.807, 2.05) is 41.0 Å². The van der Waals surface area contributed by atoms with Gasteiger partial charge in [0.25, 0.3) is 0 Å². The van der Waals surface area contributed by atoms with Gasteiger partial charge in [-0.1, -0.05) is 49.2 Å². The molecule has 2 aromatic carbocycles. The molecule has 154 valence electrons. The average Bonchev–Trinajstić information content (AvgIpc) is 3.03. The van der Waals surface area contributed by atoms with Crippen molar-refractivity contribution in [2.45, 2.75) is 51.5 Å². The molecule has 1 unspecified atom stereocenters. The van der Waals surface area contributed by atoms with Crippen molar-refractivity contribution < 1.29 is 4.39 Å². The van der Waals surface area contributed by atoms with E-state index in [9.17, 15) is 9.18 Å². The van der Waals surface area contributed by atoms with Gasteiger partial charge in [-0.05, 0) is 61.6 Å². The molecule has 1 aliphatic heterocycles. The van der Waals surface area contributed by atoms with Crippen LogP contribution in [0.4, 0.5) is 10.1 Å². The zero-order valence-electron chi connectivity index (χ0n) is 16.9. The predicted octanol–water partition coefficient (Wildman–Crippen LogP) is 6.07. The standard InChI is InChI=1S/C24H29FN2OS/c25-20-11-13-21(14-12-20)26-16-5-3-7-19(15-18-26)8-4-6-17-27-22-9-1-2-10-23(22)29-24(27)28/h1-2,9-14,19H,3-8,15-18H2. The van der Waals surface area contributed by atoms with Crippen LogP contribution in [0.3, 0.4) is 0 Å². The molecule has 29 heavy (non-hydrogen) atoms. The van der Waals surface area contributed by atoms with Crippen LogP contribution in [0.1, 0.15) is 44.9 Å². The van der Waals surface area contributed by atoms with Crippen LogP contribution >= 0.6 is 11.3 Å². The first kappa shape index (κ1) is 20.1. The Balaban J connectivity index is 1.27. The van der Waals surface area contributed by atoms with Gasteiger partial charge in [0.1, 0.15) is 5.82 Å². The fourth-order valence-electron chi connectivity index (χ4n) is 4.46. The number of anilines is 1. The van der Waals surface area contributed by atoms with Gasteiger partial charge in [0, 0.05) is 25.3 Å². The van der Waals surface area contributed by atoms with E-state index in [0.717, 1.165) is 54.3 Å². The lowest BCUT2D eigenvalue weighted by Gasteiger charge is -2.30. The van der Waals surface area contributed by atoms with Crippen molar-refractivity contribution >= 4 is 27.2 Å². The summed E-state index contributed by atoms with van der Waals surface area (Å²) in [5.74, 6) is 0.574. The van der Waals surface area contributed by atoms with Crippen molar-refractivity contribution in [3.05, 3.63) is 64.0 Å². The second-order valence-electron chi connectivity index (χ2n) is 8.10. The van der Waals surface area contributed by atoms with Crippen LogP contribution in [0, 0.1) is 11.7 Å². The van der Waals surface area contributed by atoms with Crippen LogP contribution in [0.25, 0.3) is 10.2 Å². The summed E-state index contributed by atoms with van der Waals surface area (Å²) in [6.07, 6.45) is 8.41. The van der Waals surface area contributed by atoms with E-state index >= 15 is 0 Å². The minimum absolute atomic E-state index is 0.159. The Bertz CT molecular complexity index is 978. The molecule has 1 saturated heterocycles. The number of aromatic nitrogens is 1. The lowest BCUT2D eigenvalue weighted by Crippen LogP contribution is -2.29. The monoisotopic (exact) mass is 412 g/mol. The third kappa shape index (κ3) is 5.08. The van der Waals surface area contributed by atoms with Gasteiger partial charge in [-0.2, -0.15) is 0 Å². The lowest BCUT2D eigenvalue weighted by atomic mass is 9.91. The summed E-state index contributed by atoms with van der Waals surface area (Å²) < 4.78 is 16.2. The van der Waals surface area contributed by atoms with Crippen molar-refractivity contribution in [1.29, 1.82) is 0 Å². The van der Waals surface area contributed by atoms with Crippen LogP contribution in [0.15, 0.2) is 53.3 Å². The Kier molecular flexibility index (Phi) is 6.65. The van der Waals surface area contributed by atoms with Crippen molar-refractivity contribution in [1.82, 2.24) is 4.57 Å². The van der Waals surface area contributed by atoms with E-state index in [4.69, 9.17) is 0 Å². The molecule has 4 rings (SSSR count). The maximum absolute atomic E-state index is 13.2. The van der Waals surface area contributed by atoms with Crippen LogP contribution in [-0.2, 0) is 6.54 Å². The van der Waals surface area contributed by atoms with Crippen molar-refractivity contribution in [2.75, 3.05) is 18.0 Å². The van der Waals surface area contributed by atoms with Gasteiger partial charge in [0.2, 0.25) is 0 Å². The molecule has 0 saturated carbocycles. The van der Waals surface area contributed by atoms with Gasteiger partial charge < -0.3 is 4.90 Å². The summed E-state index contributed by atoms with van der Waals surface area (Å²) in [5.41, 5.74) is 2.21. The Morgan fingerprint density at radius 2 is 1.79 bits per heavy atom. The number of fused-ring (bicyclic) bond motifs is 1. The number of benzene rings is 2. The highest BCUT2D eigenvalue weighted by molar-refractivity contribution is 7.16. The summed E-state index contributed by atoms with van der Waals surface area (Å²) in [6.45, 7) is 2.93. The predicted molar refractivity (Wildman–Crippen MR) is 121 cm³/mol. The zero-order valence-corrected chi connectivity index (χ0v) is 17.7. The number of nitrogens with zero attached hydrogens (tertiary/aromatic N) is 2. The maximum Gasteiger partial charge on any atom is 0.308 e. The molecule has 3 nitrogen and oxygen atoms in total. The highest BCUT2D eigenvalue weighted by Gasteiger charge is 2.16. The van der Waals surface area contributed by atoms with E-state index in [0.29, 0.717) is 0 Å². The van der Waals surface area contributed by atoms with Crippen molar-refractivity contribution in [2.24, 2.45) is 5.92 Å². The van der Waals surface area contributed by atoms with Gasteiger partial charge in [0.05, 0.1) is 10.2 Å².